The number of rotatable bonds is 2. The Morgan fingerprint density at radius 2 is 2.08 bits per heavy atom. The van der Waals surface area contributed by atoms with Crippen LogP contribution in [0.1, 0.15) is 38.5 Å². The van der Waals surface area contributed by atoms with Gasteiger partial charge in [-0.05, 0) is 12.8 Å². The van der Waals surface area contributed by atoms with Crippen LogP contribution in [0.15, 0.2) is 0 Å². The van der Waals surface area contributed by atoms with E-state index in [9.17, 15) is 4.79 Å². The Morgan fingerprint density at radius 3 is 2.67 bits per heavy atom. The maximum atomic E-state index is 11.0. The first kappa shape index (κ1) is 9.05. The number of nitrogens with zero attached hydrogens (tertiary/aromatic N) is 1. The molecule has 0 aliphatic heterocycles. The first-order chi connectivity index (χ1) is 5.83. The highest BCUT2D eigenvalue weighted by molar-refractivity contribution is 5.78. The van der Waals surface area contributed by atoms with Gasteiger partial charge in [0, 0.05) is 6.04 Å². The largest absolute Gasteiger partial charge is 0.352 e. The van der Waals surface area contributed by atoms with Gasteiger partial charge in [-0.15, -0.1) is 0 Å². The van der Waals surface area contributed by atoms with Gasteiger partial charge in [-0.2, -0.15) is 5.26 Å². The van der Waals surface area contributed by atoms with Gasteiger partial charge >= 0.3 is 0 Å². The van der Waals surface area contributed by atoms with Crippen molar-refractivity contribution in [2.24, 2.45) is 0 Å². The summed E-state index contributed by atoms with van der Waals surface area (Å²) in [7, 11) is 0. The maximum absolute atomic E-state index is 11.0. The van der Waals surface area contributed by atoms with E-state index in [4.69, 9.17) is 5.26 Å². The van der Waals surface area contributed by atoms with Crippen LogP contribution in [-0.4, -0.2) is 11.9 Å². The fraction of sp³-hybridized carbons (Fsp3) is 0.778. The van der Waals surface area contributed by atoms with Crippen molar-refractivity contribution in [3.05, 3.63) is 0 Å². The molecule has 0 aromatic heterocycles. The summed E-state index contributed by atoms with van der Waals surface area (Å²) in [6.45, 7) is 0. The molecule has 1 N–H and O–H groups in total. The van der Waals surface area contributed by atoms with Crippen molar-refractivity contribution >= 4 is 5.91 Å². The molecule has 0 bridgehead atoms. The van der Waals surface area contributed by atoms with Crippen molar-refractivity contribution in [1.29, 1.82) is 5.26 Å². The zero-order valence-corrected chi connectivity index (χ0v) is 7.18. The van der Waals surface area contributed by atoms with E-state index >= 15 is 0 Å². The molecule has 0 aromatic rings. The topological polar surface area (TPSA) is 52.9 Å². The van der Waals surface area contributed by atoms with Crippen LogP contribution in [0, 0.1) is 11.3 Å². The number of amides is 1. The average Bonchev–Trinajstić information content (AvgIpc) is 2.06. The summed E-state index contributed by atoms with van der Waals surface area (Å²) in [6, 6.07) is 2.18. The van der Waals surface area contributed by atoms with Crippen LogP contribution in [0.25, 0.3) is 0 Å². The Bertz CT molecular complexity index is 189. The van der Waals surface area contributed by atoms with Gasteiger partial charge in [0.15, 0.2) is 0 Å². The smallest absolute Gasteiger partial charge is 0.234 e. The van der Waals surface area contributed by atoms with Crippen LogP contribution in [0.3, 0.4) is 0 Å². The highest BCUT2D eigenvalue weighted by atomic mass is 16.1. The second kappa shape index (κ2) is 4.76. The molecule has 1 saturated carbocycles. The van der Waals surface area contributed by atoms with E-state index in [1.807, 2.05) is 6.07 Å². The van der Waals surface area contributed by atoms with Gasteiger partial charge < -0.3 is 5.32 Å². The lowest BCUT2D eigenvalue weighted by atomic mass is 9.95. The summed E-state index contributed by atoms with van der Waals surface area (Å²) in [5.74, 6) is -0.121. The minimum atomic E-state index is -0.121. The lowest BCUT2D eigenvalue weighted by Crippen LogP contribution is -2.35. The predicted molar refractivity (Wildman–Crippen MR) is 45.2 cm³/mol. The Morgan fingerprint density at radius 1 is 1.42 bits per heavy atom. The van der Waals surface area contributed by atoms with Crippen molar-refractivity contribution in [1.82, 2.24) is 5.32 Å². The van der Waals surface area contributed by atoms with Crippen LogP contribution >= 0.6 is 0 Å². The zero-order chi connectivity index (χ0) is 8.81. The summed E-state index contributed by atoms with van der Waals surface area (Å²) in [5, 5.41) is 11.1. The molecule has 0 aromatic carbocycles. The fourth-order valence-corrected chi connectivity index (χ4v) is 1.60. The molecule has 0 radical (unpaired) electrons. The third-order valence-corrected chi connectivity index (χ3v) is 2.21. The predicted octanol–water partition coefficient (Wildman–Crippen LogP) is 1.35. The molecule has 0 heterocycles. The van der Waals surface area contributed by atoms with Gasteiger partial charge in [0.25, 0.3) is 0 Å². The quantitative estimate of drug-likeness (QED) is 0.673. The molecule has 1 aliphatic carbocycles. The van der Waals surface area contributed by atoms with Gasteiger partial charge in [0.05, 0.1) is 6.07 Å². The van der Waals surface area contributed by atoms with Gasteiger partial charge in [-0.3, -0.25) is 4.79 Å². The molecule has 0 unspecified atom stereocenters. The van der Waals surface area contributed by atoms with Crippen molar-refractivity contribution < 1.29 is 4.79 Å². The lowest BCUT2D eigenvalue weighted by Gasteiger charge is -2.22. The SMILES string of the molecule is N#CCC(=O)NC1CCCCC1. The average molecular weight is 166 g/mol. The Balaban J connectivity index is 2.21. The molecule has 0 spiro atoms. The van der Waals surface area contributed by atoms with E-state index in [-0.39, 0.29) is 12.3 Å². The molecule has 3 heteroatoms. The van der Waals surface area contributed by atoms with Gasteiger partial charge in [0.2, 0.25) is 5.91 Å². The second-order valence-corrected chi connectivity index (χ2v) is 3.24. The highest BCUT2D eigenvalue weighted by Gasteiger charge is 2.14. The van der Waals surface area contributed by atoms with E-state index in [2.05, 4.69) is 5.32 Å². The van der Waals surface area contributed by atoms with Crippen molar-refractivity contribution in [2.45, 2.75) is 44.6 Å². The summed E-state index contributed by atoms with van der Waals surface area (Å²) in [4.78, 5) is 11.0. The number of carbonyl (C=O) groups excluding carboxylic acids is 1. The standard InChI is InChI=1S/C9H14N2O/c10-7-6-9(12)11-8-4-2-1-3-5-8/h8H,1-6H2,(H,11,12). The molecule has 12 heavy (non-hydrogen) atoms. The molecular formula is C9H14N2O. The normalized spacial score (nSPS) is 18.2. The van der Waals surface area contributed by atoms with E-state index in [0.29, 0.717) is 6.04 Å². The third kappa shape index (κ3) is 2.91. The van der Waals surface area contributed by atoms with Gasteiger partial charge in [0.1, 0.15) is 6.42 Å². The number of carbonyl (C=O) groups is 1. The summed E-state index contributed by atoms with van der Waals surface area (Å²) in [5.41, 5.74) is 0. The van der Waals surface area contributed by atoms with Gasteiger partial charge in [-0.25, -0.2) is 0 Å². The molecule has 0 saturated heterocycles. The first-order valence-electron chi connectivity index (χ1n) is 4.49. The zero-order valence-electron chi connectivity index (χ0n) is 7.18. The molecule has 1 rings (SSSR count). The van der Waals surface area contributed by atoms with E-state index < -0.39 is 0 Å². The van der Waals surface area contributed by atoms with Crippen molar-refractivity contribution in [2.75, 3.05) is 0 Å². The molecular weight excluding hydrogens is 152 g/mol. The summed E-state index contributed by atoms with van der Waals surface area (Å²) in [6.07, 6.45) is 5.85. The molecule has 0 atom stereocenters. The fourth-order valence-electron chi connectivity index (χ4n) is 1.60. The van der Waals surface area contributed by atoms with E-state index in [1.165, 1.54) is 19.3 Å². The Hall–Kier alpha value is -1.04. The van der Waals surface area contributed by atoms with Crippen LogP contribution in [-0.2, 0) is 4.79 Å². The highest BCUT2D eigenvalue weighted by Crippen LogP contribution is 2.17. The monoisotopic (exact) mass is 166 g/mol. The van der Waals surface area contributed by atoms with Crippen molar-refractivity contribution in [3.8, 4) is 6.07 Å². The minimum Gasteiger partial charge on any atom is -0.352 e. The molecule has 66 valence electrons. The second-order valence-electron chi connectivity index (χ2n) is 3.24. The third-order valence-electron chi connectivity index (χ3n) is 2.21. The van der Waals surface area contributed by atoms with Crippen LogP contribution in [0.4, 0.5) is 0 Å². The van der Waals surface area contributed by atoms with Crippen LogP contribution in [0.5, 0.6) is 0 Å². The van der Waals surface area contributed by atoms with Gasteiger partial charge in [-0.1, -0.05) is 19.3 Å². The number of hydrogen-bond acceptors (Lipinski definition) is 2. The van der Waals surface area contributed by atoms with Crippen LogP contribution in [0.2, 0.25) is 0 Å². The minimum absolute atomic E-state index is 0.00347. The lowest BCUT2D eigenvalue weighted by molar-refractivity contribution is -0.121. The number of hydrogen-bond donors (Lipinski definition) is 1. The molecule has 3 nitrogen and oxygen atoms in total. The van der Waals surface area contributed by atoms with E-state index in [0.717, 1.165) is 12.8 Å². The maximum Gasteiger partial charge on any atom is 0.234 e. The number of nitrogens with one attached hydrogen (secondary N) is 1. The van der Waals surface area contributed by atoms with E-state index in [1.54, 1.807) is 0 Å². The summed E-state index contributed by atoms with van der Waals surface area (Å²) < 4.78 is 0. The molecule has 1 fully saturated rings. The first-order valence-corrected chi connectivity index (χ1v) is 4.49. The molecule has 1 aliphatic rings. The summed E-state index contributed by atoms with van der Waals surface area (Å²) >= 11 is 0. The Kier molecular flexibility index (Phi) is 3.59. The molecule has 1 amide bonds. The Labute approximate surface area is 72.8 Å². The number of nitriles is 1. The van der Waals surface area contributed by atoms with Crippen molar-refractivity contribution in [3.63, 3.8) is 0 Å². The van der Waals surface area contributed by atoms with Crippen LogP contribution < -0.4 is 5.32 Å².